The highest BCUT2D eigenvalue weighted by molar-refractivity contribution is 5.68. The number of anilines is 1. The van der Waals surface area contributed by atoms with E-state index in [1.807, 2.05) is 0 Å². The van der Waals surface area contributed by atoms with Gasteiger partial charge in [0.15, 0.2) is 0 Å². The standard InChI is InChI=1S/C25H34FN3O5/c1-2-11-32-18-21(30)15-28(16-22-4-3-12-33-22)17-23-24(19-5-7-20(26)8-6-19)27-34-25(23)29-9-13-31-14-10-29/h2,5-8,21-22,30H,1,3-4,9-18H2/t21-,22-/m0/s1. The molecule has 0 unspecified atom stereocenters. The van der Waals surface area contributed by atoms with E-state index in [1.54, 1.807) is 18.2 Å². The molecule has 2 fully saturated rings. The average molecular weight is 476 g/mol. The van der Waals surface area contributed by atoms with Crippen molar-refractivity contribution in [3.8, 4) is 11.3 Å². The second-order valence-corrected chi connectivity index (χ2v) is 8.73. The summed E-state index contributed by atoms with van der Waals surface area (Å²) in [5, 5.41) is 15.0. The molecule has 1 aromatic carbocycles. The first-order chi connectivity index (χ1) is 16.6. The molecule has 34 heavy (non-hydrogen) atoms. The number of halogens is 1. The van der Waals surface area contributed by atoms with Crippen molar-refractivity contribution in [1.82, 2.24) is 10.1 Å². The fourth-order valence-electron chi connectivity index (χ4n) is 4.43. The van der Waals surface area contributed by atoms with E-state index in [2.05, 4.69) is 21.5 Å². The van der Waals surface area contributed by atoms with E-state index < -0.39 is 6.10 Å². The average Bonchev–Trinajstić information content (AvgIpc) is 3.50. The summed E-state index contributed by atoms with van der Waals surface area (Å²) in [6.07, 6.45) is 3.14. The third-order valence-corrected chi connectivity index (χ3v) is 6.07. The van der Waals surface area contributed by atoms with Gasteiger partial charge in [-0.25, -0.2) is 4.39 Å². The maximum Gasteiger partial charge on any atom is 0.232 e. The van der Waals surface area contributed by atoms with E-state index in [-0.39, 0.29) is 18.5 Å². The molecule has 0 bridgehead atoms. The normalized spacial score (nSPS) is 19.6. The molecule has 4 rings (SSSR count). The van der Waals surface area contributed by atoms with Crippen LogP contribution in [0.25, 0.3) is 11.3 Å². The number of morpholine rings is 1. The van der Waals surface area contributed by atoms with Crippen LogP contribution in [-0.2, 0) is 20.8 Å². The number of hydrogen-bond donors (Lipinski definition) is 1. The molecule has 0 amide bonds. The Kier molecular flexibility index (Phi) is 9.06. The molecule has 3 heterocycles. The number of aliphatic hydroxyl groups excluding tert-OH is 1. The minimum absolute atomic E-state index is 0.113. The Balaban J connectivity index is 1.59. The molecule has 8 nitrogen and oxygen atoms in total. The summed E-state index contributed by atoms with van der Waals surface area (Å²) in [6.45, 7) is 9.25. The van der Waals surface area contributed by atoms with Crippen molar-refractivity contribution in [2.24, 2.45) is 0 Å². The number of aromatic nitrogens is 1. The van der Waals surface area contributed by atoms with Crippen LogP contribution in [0.5, 0.6) is 0 Å². The van der Waals surface area contributed by atoms with Crippen molar-refractivity contribution in [3.05, 3.63) is 48.3 Å². The van der Waals surface area contributed by atoms with E-state index >= 15 is 0 Å². The topological polar surface area (TPSA) is 80.4 Å². The first-order valence-electron chi connectivity index (χ1n) is 11.9. The minimum Gasteiger partial charge on any atom is -0.389 e. The summed E-state index contributed by atoms with van der Waals surface area (Å²) in [6, 6.07) is 6.27. The van der Waals surface area contributed by atoms with Gasteiger partial charge < -0.3 is 28.7 Å². The molecule has 9 heteroatoms. The summed E-state index contributed by atoms with van der Waals surface area (Å²) in [5.41, 5.74) is 2.37. The van der Waals surface area contributed by atoms with Gasteiger partial charge in [-0.15, -0.1) is 6.58 Å². The first-order valence-corrected chi connectivity index (χ1v) is 11.9. The molecule has 2 aromatic rings. The molecular formula is C25H34FN3O5. The summed E-state index contributed by atoms with van der Waals surface area (Å²) < 4.78 is 36.3. The van der Waals surface area contributed by atoms with Crippen LogP contribution in [0, 0.1) is 5.82 Å². The van der Waals surface area contributed by atoms with Crippen LogP contribution in [0.3, 0.4) is 0 Å². The molecule has 0 saturated carbocycles. The molecule has 1 aromatic heterocycles. The number of benzene rings is 1. The van der Waals surface area contributed by atoms with E-state index in [4.69, 9.17) is 18.7 Å². The Labute approximate surface area is 199 Å². The molecule has 0 radical (unpaired) electrons. The lowest BCUT2D eigenvalue weighted by Gasteiger charge is -2.30. The molecule has 1 N–H and O–H groups in total. The number of ether oxygens (including phenoxy) is 3. The number of hydrogen-bond acceptors (Lipinski definition) is 8. The van der Waals surface area contributed by atoms with Gasteiger partial charge in [0.2, 0.25) is 5.88 Å². The Morgan fingerprint density at radius 1 is 1.26 bits per heavy atom. The van der Waals surface area contributed by atoms with Crippen molar-refractivity contribution < 1.29 is 28.2 Å². The van der Waals surface area contributed by atoms with E-state index in [0.29, 0.717) is 64.1 Å². The van der Waals surface area contributed by atoms with Crippen LogP contribution in [0.4, 0.5) is 10.3 Å². The Morgan fingerprint density at radius 2 is 2.06 bits per heavy atom. The smallest absolute Gasteiger partial charge is 0.232 e. The number of aliphatic hydroxyl groups is 1. The predicted octanol–water partition coefficient (Wildman–Crippen LogP) is 2.86. The van der Waals surface area contributed by atoms with Crippen LogP contribution in [0.2, 0.25) is 0 Å². The zero-order valence-electron chi connectivity index (χ0n) is 19.5. The number of nitrogens with zero attached hydrogens (tertiary/aromatic N) is 3. The third-order valence-electron chi connectivity index (χ3n) is 6.07. The molecule has 0 spiro atoms. The van der Waals surface area contributed by atoms with Gasteiger partial charge in [-0.05, 0) is 37.1 Å². The highest BCUT2D eigenvalue weighted by Gasteiger charge is 2.28. The quantitative estimate of drug-likeness (QED) is 0.371. The second kappa shape index (κ2) is 12.4. The summed E-state index contributed by atoms with van der Waals surface area (Å²) >= 11 is 0. The van der Waals surface area contributed by atoms with Crippen LogP contribution >= 0.6 is 0 Å². The molecule has 2 aliphatic heterocycles. The van der Waals surface area contributed by atoms with Gasteiger partial charge >= 0.3 is 0 Å². The fraction of sp³-hybridized carbons (Fsp3) is 0.560. The Morgan fingerprint density at radius 3 is 2.76 bits per heavy atom. The van der Waals surface area contributed by atoms with Crippen LogP contribution in [-0.4, -0.2) is 86.6 Å². The molecule has 2 saturated heterocycles. The maximum absolute atomic E-state index is 13.6. The lowest BCUT2D eigenvalue weighted by Crippen LogP contribution is -2.40. The SMILES string of the molecule is C=CCOC[C@@H](O)CN(Cc1c(-c2ccc(F)cc2)noc1N1CCOCC1)C[C@@H]1CCCO1. The summed E-state index contributed by atoms with van der Waals surface area (Å²) in [7, 11) is 0. The van der Waals surface area contributed by atoms with Crippen molar-refractivity contribution in [3.63, 3.8) is 0 Å². The number of rotatable bonds is 12. The highest BCUT2D eigenvalue weighted by Crippen LogP contribution is 2.33. The van der Waals surface area contributed by atoms with Gasteiger partial charge in [-0.1, -0.05) is 11.2 Å². The van der Waals surface area contributed by atoms with Crippen molar-refractivity contribution >= 4 is 5.88 Å². The minimum atomic E-state index is -0.665. The fourth-order valence-corrected chi connectivity index (χ4v) is 4.43. The van der Waals surface area contributed by atoms with Crippen molar-refractivity contribution in [2.45, 2.75) is 31.6 Å². The monoisotopic (exact) mass is 475 g/mol. The third kappa shape index (κ3) is 6.64. The van der Waals surface area contributed by atoms with Crippen LogP contribution in [0.1, 0.15) is 18.4 Å². The molecule has 2 aliphatic rings. The lowest BCUT2D eigenvalue weighted by atomic mass is 10.1. The van der Waals surface area contributed by atoms with Gasteiger partial charge in [0, 0.05) is 44.9 Å². The van der Waals surface area contributed by atoms with Gasteiger partial charge in [0.05, 0.1) is 44.2 Å². The molecular weight excluding hydrogens is 441 g/mol. The van der Waals surface area contributed by atoms with Crippen LogP contribution < -0.4 is 4.90 Å². The first kappa shape index (κ1) is 24.8. The Hall–Kier alpha value is -2.30. The largest absolute Gasteiger partial charge is 0.389 e. The van der Waals surface area contributed by atoms with Gasteiger partial charge in [0.25, 0.3) is 0 Å². The van der Waals surface area contributed by atoms with Crippen molar-refractivity contribution in [2.75, 3.05) is 64.1 Å². The summed E-state index contributed by atoms with van der Waals surface area (Å²) in [5.74, 6) is 0.391. The van der Waals surface area contributed by atoms with E-state index in [0.717, 1.165) is 30.6 Å². The molecule has 186 valence electrons. The lowest BCUT2D eigenvalue weighted by molar-refractivity contribution is 0.00857. The van der Waals surface area contributed by atoms with Gasteiger partial charge in [-0.3, -0.25) is 4.90 Å². The highest BCUT2D eigenvalue weighted by atomic mass is 19.1. The molecule has 0 aliphatic carbocycles. The van der Waals surface area contributed by atoms with E-state index in [9.17, 15) is 9.50 Å². The van der Waals surface area contributed by atoms with Gasteiger partial charge in [-0.2, -0.15) is 0 Å². The Bertz CT molecular complexity index is 894. The second-order valence-electron chi connectivity index (χ2n) is 8.73. The van der Waals surface area contributed by atoms with Crippen molar-refractivity contribution in [1.29, 1.82) is 0 Å². The molecule has 2 atom stereocenters. The predicted molar refractivity (Wildman–Crippen MR) is 126 cm³/mol. The maximum atomic E-state index is 13.6. The van der Waals surface area contributed by atoms with Gasteiger partial charge in [0.1, 0.15) is 11.5 Å². The van der Waals surface area contributed by atoms with Crippen LogP contribution in [0.15, 0.2) is 41.4 Å². The zero-order valence-corrected chi connectivity index (χ0v) is 19.5. The van der Waals surface area contributed by atoms with E-state index in [1.165, 1.54) is 12.1 Å². The summed E-state index contributed by atoms with van der Waals surface area (Å²) in [4.78, 5) is 4.30. The zero-order chi connectivity index (χ0) is 23.8.